The Balaban J connectivity index is 2.01. The molecule has 0 radical (unpaired) electrons. The lowest BCUT2D eigenvalue weighted by Gasteiger charge is -2.25. The molecule has 0 spiro atoms. The number of benzene rings is 1. The Labute approximate surface area is 117 Å². The highest BCUT2D eigenvalue weighted by Crippen LogP contribution is 2.31. The fourth-order valence-electron chi connectivity index (χ4n) is 2.35. The minimum absolute atomic E-state index is 0.0802. The van der Waals surface area contributed by atoms with Crippen molar-refractivity contribution in [1.29, 1.82) is 0 Å². The molecule has 106 valence electrons. The lowest BCUT2D eigenvalue weighted by Crippen LogP contribution is -2.19. The molecule has 2 N–H and O–H groups in total. The van der Waals surface area contributed by atoms with Gasteiger partial charge in [-0.1, -0.05) is 6.42 Å². The monoisotopic (exact) mass is 292 g/mol. The third-order valence-electron chi connectivity index (χ3n) is 3.70. The Morgan fingerprint density at radius 1 is 1.30 bits per heavy atom. The van der Waals surface area contributed by atoms with E-state index in [1.54, 1.807) is 24.4 Å². The van der Waals surface area contributed by atoms with E-state index in [1.807, 2.05) is 0 Å². The van der Waals surface area contributed by atoms with Gasteiger partial charge in [0.1, 0.15) is 11.3 Å². The molecule has 0 unspecified atom stereocenters. The molecule has 6 heteroatoms. The summed E-state index contributed by atoms with van der Waals surface area (Å²) in [6.07, 6.45) is 5.27. The van der Waals surface area contributed by atoms with Crippen molar-refractivity contribution in [3.8, 4) is 5.75 Å². The van der Waals surface area contributed by atoms with E-state index in [4.69, 9.17) is 9.88 Å². The topological polar surface area (TPSA) is 82.3 Å². The number of nitrogens with two attached hydrogens (primary N) is 1. The minimum Gasteiger partial charge on any atom is -0.491 e. The Kier molecular flexibility index (Phi) is 3.35. The molecular weight excluding hydrogens is 276 g/mol. The Hall–Kier alpha value is -1.66. The summed E-state index contributed by atoms with van der Waals surface area (Å²) < 4.78 is 29.0. The maximum absolute atomic E-state index is 11.6. The molecule has 20 heavy (non-hydrogen) atoms. The smallest absolute Gasteiger partial charge is 0.238 e. The second-order valence-corrected chi connectivity index (χ2v) is 6.64. The van der Waals surface area contributed by atoms with Crippen LogP contribution in [0.1, 0.15) is 19.3 Å². The summed E-state index contributed by atoms with van der Waals surface area (Å²) in [6, 6.07) is 6.49. The lowest BCUT2D eigenvalue weighted by atomic mass is 9.86. The standard InChI is InChI=1S/C14H16N2O3S/c15-20(17,18)13-7-6-12(19-9-10-3-1-4-10)14-11(13)5-2-8-16-14/h2,5-8,10H,1,3-4,9H2,(H2,15,17,18). The lowest BCUT2D eigenvalue weighted by molar-refractivity contribution is 0.182. The van der Waals surface area contributed by atoms with Gasteiger partial charge in [0.25, 0.3) is 0 Å². The maximum atomic E-state index is 11.6. The zero-order chi connectivity index (χ0) is 14.2. The van der Waals surface area contributed by atoms with Gasteiger partial charge >= 0.3 is 0 Å². The number of aromatic nitrogens is 1. The van der Waals surface area contributed by atoms with E-state index >= 15 is 0 Å². The average molecular weight is 292 g/mol. The quantitative estimate of drug-likeness (QED) is 0.935. The van der Waals surface area contributed by atoms with Gasteiger partial charge in [0, 0.05) is 11.6 Å². The van der Waals surface area contributed by atoms with Gasteiger partial charge in [0.05, 0.1) is 11.5 Å². The highest BCUT2D eigenvalue weighted by atomic mass is 32.2. The van der Waals surface area contributed by atoms with E-state index in [9.17, 15) is 8.42 Å². The summed E-state index contributed by atoms with van der Waals surface area (Å²) in [6.45, 7) is 0.653. The second-order valence-electron chi connectivity index (χ2n) is 5.11. The highest BCUT2D eigenvalue weighted by Gasteiger charge is 2.20. The van der Waals surface area contributed by atoms with Crippen molar-refractivity contribution in [3.63, 3.8) is 0 Å². The second kappa shape index (κ2) is 5.03. The molecule has 0 saturated heterocycles. The maximum Gasteiger partial charge on any atom is 0.238 e. The van der Waals surface area contributed by atoms with Crippen LogP contribution < -0.4 is 9.88 Å². The van der Waals surface area contributed by atoms with Gasteiger partial charge < -0.3 is 4.74 Å². The number of ether oxygens (including phenoxy) is 1. The van der Waals surface area contributed by atoms with Crippen LogP contribution in [0.15, 0.2) is 35.4 Å². The fourth-order valence-corrected chi connectivity index (χ4v) is 3.08. The molecule has 1 aromatic heterocycles. The van der Waals surface area contributed by atoms with Crippen molar-refractivity contribution in [2.24, 2.45) is 11.1 Å². The summed E-state index contributed by atoms with van der Waals surface area (Å²) in [5.74, 6) is 1.21. The zero-order valence-electron chi connectivity index (χ0n) is 11.0. The largest absolute Gasteiger partial charge is 0.491 e. The summed E-state index contributed by atoms with van der Waals surface area (Å²) >= 11 is 0. The third kappa shape index (κ3) is 2.48. The van der Waals surface area contributed by atoms with Crippen LogP contribution >= 0.6 is 0 Å². The van der Waals surface area contributed by atoms with Crippen LogP contribution in [-0.2, 0) is 10.0 Å². The molecule has 1 fully saturated rings. The summed E-state index contributed by atoms with van der Waals surface area (Å²) in [7, 11) is -3.77. The molecule has 5 nitrogen and oxygen atoms in total. The van der Waals surface area contributed by atoms with Crippen LogP contribution in [0, 0.1) is 5.92 Å². The number of hydrogen-bond donors (Lipinski definition) is 1. The first-order valence-electron chi connectivity index (χ1n) is 6.59. The molecule has 1 aliphatic rings. The molecular formula is C14H16N2O3S. The normalized spacial score (nSPS) is 16.1. The van der Waals surface area contributed by atoms with E-state index in [0.29, 0.717) is 29.2 Å². The van der Waals surface area contributed by atoms with Gasteiger partial charge in [-0.05, 0) is 43.0 Å². The van der Waals surface area contributed by atoms with Gasteiger partial charge in [-0.3, -0.25) is 4.98 Å². The number of rotatable bonds is 4. The number of primary sulfonamides is 1. The van der Waals surface area contributed by atoms with Crippen LogP contribution in [-0.4, -0.2) is 20.0 Å². The molecule has 1 aliphatic carbocycles. The van der Waals surface area contributed by atoms with E-state index in [1.165, 1.54) is 25.3 Å². The number of pyridine rings is 1. The Bertz CT molecular complexity index is 739. The van der Waals surface area contributed by atoms with Crippen molar-refractivity contribution in [2.45, 2.75) is 24.2 Å². The first kappa shape index (κ1) is 13.3. The Morgan fingerprint density at radius 2 is 2.10 bits per heavy atom. The molecule has 0 amide bonds. The highest BCUT2D eigenvalue weighted by molar-refractivity contribution is 7.89. The van der Waals surface area contributed by atoms with Crippen LogP contribution in [0.4, 0.5) is 0 Å². The van der Waals surface area contributed by atoms with Crippen molar-refractivity contribution < 1.29 is 13.2 Å². The predicted octanol–water partition coefficient (Wildman–Crippen LogP) is 2.06. The predicted molar refractivity (Wildman–Crippen MR) is 76.0 cm³/mol. The minimum atomic E-state index is -3.77. The van der Waals surface area contributed by atoms with Gasteiger partial charge in [-0.15, -0.1) is 0 Å². The van der Waals surface area contributed by atoms with Gasteiger partial charge in [0.2, 0.25) is 10.0 Å². The molecule has 3 rings (SSSR count). The van der Waals surface area contributed by atoms with Gasteiger partial charge in [0.15, 0.2) is 0 Å². The van der Waals surface area contributed by atoms with Crippen molar-refractivity contribution in [2.75, 3.05) is 6.61 Å². The van der Waals surface area contributed by atoms with Crippen LogP contribution in [0.25, 0.3) is 10.9 Å². The third-order valence-corrected chi connectivity index (χ3v) is 4.67. The van der Waals surface area contributed by atoms with Crippen molar-refractivity contribution in [1.82, 2.24) is 4.98 Å². The average Bonchev–Trinajstić information content (AvgIpc) is 2.35. The van der Waals surface area contributed by atoms with Crippen LogP contribution in [0.2, 0.25) is 0 Å². The molecule has 1 aromatic carbocycles. The van der Waals surface area contributed by atoms with Gasteiger partial charge in [-0.2, -0.15) is 0 Å². The Morgan fingerprint density at radius 3 is 2.75 bits per heavy atom. The molecule has 0 aliphatic heterocycles. The molecule has 0 bridgehead atoms. The molecule has 1 saturated carbocycles. The number of fused-ring (bicyclic) bond motifs is 1. The van der Waals surface area contributed by atoms with Crippen LogP contribution in [0.3, 0.4) is 0 Å². The number of nitrogens with zero attached hydrogens (tertiary/aromatic N) is 1. The molecule has 2 aromatic rings. The zero-order valence-corrected chi connectivity index (χ0v) is 11.8. The first-order valence-corrected chi connectivity index (χ1v) is 8.13. The summed E-state index contributed by atoms with van der Waals surface area (Å²) in [5.41, 5.74) is 0.540. The number of sulfonamides is 1. The van der Waals surface area contributed by atoms with E-state index < -0.39 is 10.0 Å². The molecule has 0 atom stereocenters. The number of hydrogen-bond acceptors (Lipinski definition) is 4. The summed E-state index contributed by atoms with van der Waals surface area (Å²) in [5, 5.41) is 5.73. The molecule has 1 heterocycles. The summed E-state index contributed by atoms with van der Waals surface area (Å²) in [4.78, 5) is 4.31. The van der Waals surface area contributed by atoms with Crippen LogP contribution in [0.5, 0.6) is 5.75 Å². The van der Waals surface area contributed by atoms with E-state index in [0.717, 1.165) is 0 Å². The van der Waals surface area contributed by atoms with E-state index in [2.05, 4.69) is 4.98 Å². The first-order chi connectivity index (χ1) is 9.55. The SMILES string of the molecule is NS(=O)(=O)c1ccc(OCC2CCC2)c2ncccc12. The van der Waals surface area contributed by atoms with Gasteiger partial charge in [-0.25, -0.2) is 13.6 Å². The van der Waals surface area contributed by atoms with Crippen molar-refractivity contribution >= 4 is 20.9 Å². The fraction of sp³-hybridized carbons (Fsp3) is 0.357. The van der Waals surface area contributed by atoms with Crippen molar-refractivity contribution in [3.05, 3.63) is 30.5 Å². The van der Waals surface area contributed by atoms with E-state index in [-0.39, 0.29) is 4.90 Å².